The molecule has 6 nitrogen and oxygen atoms in total. The van der Waals surface area contributed by atoms with Crippen LogP contribution >= 0.6 is 35.0 Å². The van der Waals surface area contributed by atoms with Crippen molar-refractivity contribution in [1.82, 2.24) is 4.98 Å². The van der Waals surface area contributed by atoms with E-state index in [1.807, 2.05) is 30.3 Å². The number of anilines is 1. The van der Waals surface area contributed by atoms with Gasteiger partial charge >= 0.3 is 0 Å². The highest BCUT2D eigenvalue weighted by molar-refractivity contribution is 8.00. The first kappa shape index (κ1) is 26.4. The van der Waals surface area contributed by atoms with Crippen molar-refractivity contribution in [2.75, 3.05) is 25.3 Å². The highest BCUT2D eigenvalue weighted by atomic mass is 35.5. The maximum atomic E-state index is 12.7. The fourth-order valence-electron chi connectivity index (χ4n) is 3.60. The van der Waals surface area contributed by atoms with Crippen LogP contribution in [0.5, 0.6) is 11.5 Å². The average molecular weight is 550 g/mol. The van der Waals surface area contributed by atoms with Gasteiger partial charge in [-0.25, -0.2) is 4.98 Å². The van der Waals surface area contributed by atoms with Gasteiger partial charge in [0.2, 0.25) is 5.91 Å². The number of nitrogens with one attached hydrogen (secondary N) is 1. The molecule has 37 heavy (non-hydrogen) atoms. The molecule has 1 N–H and O–H groups in total. The van der Waals surface area contributed by atoms with Crippen LogP contribution in [-0.4, -0.2) is 30.9 Å². The quantitative estimate of drug-likeness (QED) is 0.231. The zero-order valence-electron chi connectivity index (χ0n) is 19.9. The number of halogens is 2. The van der Waals surface area contributed by atoms with E-state index in [4.69, 9.17) is 37.7 Å². The van der Waals surface area contributed by atoms with E-state index in [-0.39, 0.29) is 11.7 Å². The van der Waals surface area contributed by atoms with Gasteiger partial charge in [-0.15, -0.1) is 0 Å². The molecular weight excluding hydrogens is 529 g/mol. The molecule has 0 spiro atoms. The van der Waals surface area contributed by atoms with Crippen LogP contribution in [0.4, 0.5) is 5.69 Å². The summed E-state index contributed by atoms with van der Waals surface area (Å²) >= 11 is 13.2. The Kier molecular flexibility index (Phi) is 8.57. The minimum absolute atomic E-state index is 0.0553. The zero-order valence-corrected chi connectivity index (χ0v) is 22.2. The van der Waals surface area contributed by atoms with E-state index >= 15 is 0 Å². The van der Waals surface area contributed by atoms with Crippen LogP contribution in [0.15, 0.2) is 77.8 Å². The maximum Gasteiger partial charge on any atom is 0.234 e. The second-order valence-electron chi connectivity index (χ2n) is 7.77. The van der Waals surface area contributed by atoms with Gasteiger partial charge in [0.1, 0.15) is 11.1 Å². The number of carbonyl (C=O) groups is 1. The van der Waals surface area contributed by atoms with E-state index in [1.165, 1.54) is 11.8 Å². The van der Waals surface area contributed by atoms with Crippen molar-refractivity contribution in [2.45, 2.75) is 5.03 Å². The van der Waals surface area contributed by atoms with Crippen molar-refractivity contribution in [3.63, 3.8) is 0 Å². The molecular formula is C28H21Cl2N3O3S. The number of aromatic nitrogens is 1. The Hall–Kier alpha value is -3.70. The smallest absolute Gasteiger partial charge is 0.234 e. The Bertz CT molecular complexity index is 1470. The Morgan fingerprint density at radius 2 is 1.54 bits per heavy atom. The molecule has 0 bridgehead atoms. The van der Waals surface area contributed by atoms with Gasteiger partial charge in [0, 0.05) is 26.9 Å². The molecule has 186 valence electrons. The molecule has 0 fully saturated rings. The van der Waals surface area contributed by atoms with Crippen molar-refractivity contribution in [2.24, 2.45) is 0 Å². The van der Waals surface area contributed by atoms with E-state index in [2.05, 4.69) is 11.4 Å². The summed E-state index contributed by atoms with van der Waals surface area (Å²) in [6.45, 7) is 0. The number of thioether (sulfide) groups is 1. The number of methoxy groups -OCH3 is 2. The molecule has 9 heteroatoms. The van der Waals surface area contributed by atoms with Gasteiger partial charge in [0.05, 0.1) is 31.2 Å². The number of ether oxygens (including phenoxy) is 2. The first-order valence-electron chi connectivity index (χ1n) is 11.0. The predicted molar refractivity (Wildman–Crippen MR) is 149 cm³/mol. The SMILES string of the molecule is COc1ccc(-c2cc(-c3ccc(Cl)cc3)nc(SCC(=O)Nc3ccc(Cl)cc3)c2C#N)cc1OC. The number of nitrogens with zero attached hydrogens (tertiary/aromatic N) is 2. The number of hydrogen-bond donors (Lipinski definition) is 1. The molecule has 0 atom stereocenters. The van der Waals surface area contributed by atoms with Crippen molar-refractivity contribution in [3.05, 3.63) is 88.4 Å². The van der Waals surface area contributed by atoms with Crippen LogP contribution in [0.3, 0.4) is 0 Å². The number of benzene rings is 3. The molecule has 0 radical (unpaired) electrons. The summed E-state index contributed by atoms with van der Waals surface area (Å²) in [5.41, 5.74) is 3.85. The molecule has 0 unspecified atom stereocenters. The number of pyridine rings is 1. The van der Waals surface area contributed by atoms with Crippen LogP contribution in [0.25, 0.3) is 22.4 Å². The monoisotopic (exact) mass is 549 g/mol. The summed E-state index contributed by atoms with van der Waals surface area (Å²) in [5.74, 6) is 0.929. The second-order valence-corrected chi connectivity index (χ2v) is 9.60. The molecule has 0 saturated heterocycles. The van der Waals surface area contributed by atoms with Gasteiger partial charge in [-0.3, -0.25) is 4.79 Å². The van der Waals surface area contributed by atoms with Gasteiger partial charge in [-0.2, -0.15) is 5.26 Å². The lowest BCUT2D eigenvalue weighted by molar-refractivity contribution is -0.113. The molecule has 1 amide bonds. The number of rotatable bonds is 8. The number of hydrogen-bond acceptors (Lipinski definition) is 6. The highest BCUT2D eigenvalue weighted by Crippen LogP contribution is 2.38. The number of amides is 1. The fourth-order valence-corrected chi connectivity index (χ4v) is 4.65. The summed E-state index contributed by atoms with van der Waals surface area (Å²) in [4.78, 5) is 17.4. The Labute approximate surface area is 229 Å². The summed E-state index contributed by atoms with van der Waals surface area (Å²) in [7, 11) is 3.12. The van der Waals surface area contributed by atoms with E-state index in [1.54, 1.807) is 56.7 Å². The average Bonchev–Trinajstić information content (AvgIpc) is 2.92. The van der Waals surface area contributed by atoms with Crippen molar-refractivity contribution >= 4 is 46.6 Å². The molecule has 0 aliphatic rings. The molecule has 3 aromatic carbocycles. The van der Waals surface area contributed by atoms with Crippen molar-refractivity contribution in [3.8, 4) is 40.0 Å². The normalized spacial score (nSPS) is 10.5. The number of nitriles is 1. The first-order chi connectivity index (χ1) is 17.9. The first-order valence-corrected chi connectivity index (χ1v) is 12.8. The minimum Gasteiger partial charge on any atom is -0.493 e. The third-order valence-corrected chi connectivity index (χ3v) is 6.88. The largest absolute Gasteiger partial charge is 0.493 e. The van der Waals surface area contributed by atoms with Gasteiger partial charge in [-0.05, 0) is 60.2 Å². The second kappa shape index (κ2) is 12.0. The van der Waals surface area contributed by atoms with Crippen LogP contribution in [-0.2, 0) is 4.79 Å². The lowest BCUT2D eigenvalue weighted by atomic mass is 9.99. The fraction of sp³-hybridized carbons (Fsp3) is 0.107. The molecule has 0 aliphatic carbocycles. The molecule has 4 rings (SSSR count). The maximum absolute atomic E-state index is 12.7. The van der Waals surface area contributed by atoms with Crippen LogP contribution < -0.4 is 14.8 Å². The van der Waals surface area contributed by atoms with E-state index < -0.39 is 0 Å². The number of carbonyl (C=O) groups excluding carboxylic acids is 1. The Morgan fingerprint density at radius 3 is 2.16 bits per heavy atom. The molecule has 1 heterocycles. The van der Waals surface area contributed by atoms with Crippen LogP contribution in [0.2, 0.25) is 10.0 Å². The van der Waals surface area contributed by atoms with Crippen molar-refractivity contribution < 1.29 is 14.3 Å². The third kappa shape index (κ3) is 6.36. The topological polar surface area (TPSA) is 84.2 Å². The molecule has 4 aromatic rings. The summed E-state index contributed by atoms with van der Waals surface area (Å²) in [6, 6.07) is 23.7. The Balaban J connectivity index is 1.73. The lowest BCUT2D eigenvalue weighted by Gasteiger charge is -2.14. The summed E-state index contributed by atoms with van der Waals surface area (Å²) in [5, 5.41) is 14.6. The minimum atomic E-state index is -0.234. The highest BCUT2D eigenvalue weighted by Gasteiger charge is 2.18. The van der Waals surface area contributed by atoms with E-state index in [9.17, 15) is 10.1 Å². The standard InChI is InChI=1S/C28H21Cl2N3O3S/c1-35-25-12-5-18(13-26(25)36-2)22-14-24(17-3-6-19(29)7-4-17)33-28(23(22)15-31)37-16-27(34)32-21-10-8-20(30)9-11-21/h3-14H,16H2,1-2H3,(H,32,34). The van der Waals surface area contributed by atoms with Gasteiger partial charge in [0.25, 0.3) is 0 Å². The third-order valence-electron chi connectivity index (χ3n) is 5.40. The lowest BCUT2D eigenvalue weighted by Crippen LogP contribution is -2.14. The van der Waals surface area contributed by atoms with E-state index in [0.29, 0.717) is 49.1 Å². The van der Waals surface area contributed by atoms with Gasteiger partial charge in [-0.1, -0.05) is 53.2 Å². The zero-order chi connectivity index (χ0) is 26.4. The van der Waals surface area contributed by atoms with Crippen molar-refractivity contribution in [1.29, 1.82) is 5.26 Å². The molecule has 0 aliphatic heterocycles. The Morgan fingerprint density at radius 1 is 0.919 bits per heavy atom. The summed E-state index contributed by atoms with van der Waals surface area (Å²) < 4.78 is 10.8. The van der Waals surface area contributed by atoms with E-state index in [0.717, 1.165) is 11.1 Å². The van der Waals surface area contributed by atoms with Gasteiger partial charge < -0.3 is 14.8 Å². The summed E-state index contributed by atoms with van der Waals surface area (Å²) in [6.07, 6.45) is 0. The molecule has 1 aromatic heterocycles. The van der Waals surface area contributed by atoms with Gasteiger partial charge in [0.15, 0.2) is 11.5 Å². The van der Waals surface area contributed by atoms with Crippen LogP contribution in [0.1, 0.15) is 5.56 Å². The van der Waals surface area contributed by atoms with Crippen LogP contribution in [0, 0.1) is 11.3 Å². The predicted octanol–water partition coefficient (Wildman–Crippen LogP) is 7.34. The molecule has 0 saturated carbocycles.